The molecular weight excluding hydrogens is 364 g/mol. The van der Waals surface area contributed by atoms with E-state index in [4.69, 9.17) is 0 Å². The summed E-state index contributed by atoms with van der Waals surface area (Å²) in [6.07, 6.45) is 0. The molecule has 1 amide bonds. The molecule has 0 aliphatic carbocycles. The van der Waals surface area contributed by atoms with Crippen LogP contribution in [0.15, 0.2) is 78.9 Å². The van der Waals surface area contributed by atoms with Gasteiger partial charge in [0.1, 0.15) is 5.56 Å². The molecule has 0 aromatic heterocycles. The van der Waals surface area contributed by atoms with Crippen LogP contribution in [-0.2, 0) is 0 Å². The third-order valence-electron chi connectivity index (χ3n) is 3.88. The molecule has 140 valence electrons. The lowest BCUT2D eigenvalue weighted by Gasteiger charge is -2.25. The average Bonchev–Trinajstić information content (AvgIpc) is 2.72. The van der Waals surface area contributed by atoms with Crippen molar-refractivity contribution in [2.24, 2.45) is 0 Å². The standard InChI is InChI=1S/C19H14N4O5/c24-19(17-12-11-16(22(25)26)13-18(17)23(27)28)20-21(14-7-3-1-4-8-14)15-9-5-2-6-10-15/h1-13H,(H,20,24). The van der Waals surface area contributed by atoms with E-state index in [2.05, 4.69) is 5.43 Å². The summed E-state index contributed by atoms with van der Waals surface area (Å²) >= 11 is 0. The fourth-order valence-corrected chi connectivity index (χ4v) is 2.57. The van der Waals surface area contributed by atoms with Crippen LogP contribution in [0.3, 0.4) is 0 Å². The Hall–Kier alpha value is -4.27. The zero-order chi connectivity index (χ0) is 20.1. The van der Waals surface area contributed by atoms with Crippen molar-refractivity contribution in [2.75, 3.05) is 5.01 Å². The Kier molecular flexibility index (Phi) is 5.26. The summed E-state index contributed by atoms with van der Waals surface area (Å²) in [5.74, 6) is -0.769. The Morgan fingerprint density at radius 3 is 1.79 bits per heavy atom. The van der Waals surface area contributed by atoms with Gasteiger partial charge in [-0.1, -0.05) is 36.4 Å². The lowest BCUT2D eigenvalue weighted by molar-refractivity contribution is -0.394. The van der Waals surface area contributed by atoms with E-state index in [1.165, 1.54) is 5.01 Å². The van der Waals surface area contributed by atoms with E-state index in [-0.39, 0.29) is 5.56 Å². The molecule has 28 heavy (non-hydrogen) atoms. The van der Waals surface area contributed by atoms with Gasteiger partial charge in [0, 0.05) is 6.07 Å². The molecule has 3 aromatic carbocycles. The number of amides is 1. The van der Waals surface area contributed by atoms with E-state index >= 15 is 0 Å². The number of nitro groups is 2. The molecule has 0 saturated carbocycles. The summed E-state index contributed by atoms with van der Waals surface area (Å²) in [5, 5.41) is 23.7. The Balaban J connectivity index is 1.99. The number of nitrogens with one attached hydrogen (secondary N) is 1. The predicted octanol–water partition coefficient (Wildman–Crippen LogP) is 3.99. The van der Waals surface area contributed by atoms with Gasteiger partial charge in [0.15, 0.2) is 0 Å². The molecule has 9 nitrogen and oxygen atoms in total. The third-order valence-corrected chi connectivity index (χ3v) is 3.88. The number of anilines is 2. The summed E-state index contributed by atoms with van der Waals surface area (Å²) in [7, 11) is 0. The second kappa shape index (κ2) is 7.96. The van der Waals surface area contributed by atoms with Gasteiger partial charge < -0.3 is 0 Å². The summed E-state index contributed by atoms with van der Waals surface area (Å²) in [6, 6.07) is 20.7. The van der Waals surface area contributed by atoms with E-state index < -0.39 is 27.1 Å². The van der Waals surface area contributed by atoms with Crippen LogP contribution in [0.4, 0.5) is 22.7 Å². The molecule has 3 rings (SSSR count). The van der Waals surface area contributed by atoms with Gasteiger partial charge in [0.05, 0.1) is 27.3 Å². The number of benzene rings is 3. The molecule has 0 unspecified atom stereocenters. The molecule has 0 heterocycles. The number of para-hydroxylation sites is 2. The first-order valence-corrected chi connectivity index (χ1v) is 8.11. The molecule has 0 spiro atoms. The second-order valence-electron chi connectivity index (χ2n) is 5.66. The van der Waals surface area contributed by atoms with Crippen molar-refractivity contribution in [3.8, 4) is 0 Å². The van der Waals surface area contributed by atoms with Gasteiger partial charge in [-0.15, -0.1) is 0 Å². The molecule has 0 atom stereocenters. The zero-order valence-corrected chi connectivity index (χ0v) is 14.4. The van der Waals surface area contributed by atoms with Crippen molar-refractivity contribution in [1.29, 1.82) is 0 Å². The number of hydrogen-bond acceptors (Lipinski definition) is 6. The molecule has 0 saturated heterocycles. The second-order valence-corrected chi connectivity index (χ2v) is 5.66. The van der Waals surface area contributed by atoms with Gasteiger partial charge >= 0.3 is 0 Å². The fourth-order valence-electron chi connectivity index (χ4n) is 2.57. The third kappa shape index (κ3) is 3.93. The van der Waals surface area contributed by atoms with Crippen LogP contribution < -0.4 is 10.4 Å². The molecular formula is C19H14N4O5. The maximum absolute atomic E-state index is 12.8. The topological polar surface area (TPSA) is 119 Å². The Bertz CT molecular complexity index is 986. The fraction of sp³-hybridized carbons (Fsp3) is 0. The van der Waals surface area contributed by atoms with Gasteiger partial charge in [-0.05, 0) is 30.3 Å². The van der Waals surface area contributed by atoms with Crippen LogP contribution in [0.25, 0.3) is 0 Å². The monoisotopic (exact) mass is 378 g/mol. The molecule has 9 heteroatoms. The Labute approximate surface area is 159 Å². The molecule has 0 bridgehead atoms. The van der Waals surface area contributed by atoms with Crippen LogP contribution in [-0.4, -0.2) is 15.8 Å². The lowest BCUT2D eigenvalue weighted by Crippen LogP contribution is -2.39. The van der Waals surface area contributed by atoms with Crippen LogP contribution in [0.5, 0.6) is 0 Å². The first kappa shape index (κ1) is 18.5. The maximum Gasteiger partial charge on any atom is 0.289 e. The van der Waals surface area contributed by atoms with Crippen LogP contribution in [0, 0.1) is 20.2 Å². The van der Waals surface area contributed by atoms with Crippen molar-refractivity contribution in [1.82, 2.24) is 5.43 Å². The number of carbonyl (C=O) groups is 1. The summed E-state index contributed by atoms with van der Waals surface area (Å²) in [6.45, 7) is 0. The molecule has 3 aromatic rings. The van der Waals surface area contributed by atoms with E-state index in [0.717, 1.165) is 18.2 Å². The lowest BCUT2D eigenvalue weighted by atomic mass is 10.1. The SMILES string of the molecule is O=C(NN(c1ccccc1)c1ccccc1)c1ccc([N+](=O)[O-])cc1[N+](=O)[O-]. The van der Waals surface area contributed by atoms with Crippen molar-refractivity contribution >= 4 is 28.7 Å². The number of hydrogen-bond donors (Lipinski definition) is 1. The highest BCUT2D eigenvalue weighted by Crippen LogP contribution is 2.27. The highest BCUT2D eigenvalue weighted by atomic mass is 16.6. The van der Waals surface area contributed by atoms with E-state index in [1.807, 2.05) is 12.1 Å². The smallest absolute Gasteiger partial charge is 0.267 e. The van der Waals surface area contributed by atoms with Crippen LogP contribution >= 0.6 is 0 Å². The van der Waals surface area contributed by atoms with E-state index in [9.17, 15) is 25.0 Å². The number of hydrazine groups is 1. The Morgan fingerprint density at radius 1 is 0.786 bits per heavy atom. The summed E-state index contributed by atoms with van der Waals surface area (Å²) in [5.41, 5.74) is 2.50. The summed E-state index contributed by atoms with van der Waals surface area (Å²) < 4.78 is 0. The van der Waals surface area contributed by atoms with E-state index in [1.54, 1.807) is 48.5 Å². The van der Waals surface area contributed by atoms with Crippen LogP contribution in [0.2, 0.25) is 0 Å². The predicted molar refractivity (Wildman–Crippen MR) is 102 cm³/mol. The number of rotatable bonds is 6. The van der Waals surface area contributed by atoms with Gasteiger partial charge in [0.25, 0.3) is 17.3 Å². The number of nitro benzene ring substituents is 2. The number of carbonyl (C=O) groups excluding carboxylic acids is 1. The molecule has 0 aliphatic rings. The maximum atomic E-state index is 12.8. The van der Waals surface area contributed by atoms with Gasteiger partial charge in [-0.3, -0.25) is 35.5 Å². The largest absolute Gasteiger partial charge is 0.289 e. The zero-order valence-electron chi connectivity index (χ0n) is 14.4. The van der Waals surface area contributed by atoms with Crippen molar-refractivity contribution in [2.45, 2.75) is 0 Å². The van der Waals surface area contributed by atoms with Crippen molar-refractivity contribution < 1.29 is 14.6 Å². The normalized spacial score (nSPS) is 10.1. The minimum absolute atomic E-state index is 0.285. The van der Waals surface area contributed by atoms with E-state index in [0.29, 0.717) is 11.4 Å². The minimum Gasteiger partial charge on any atom is -0.267 e. The van der Waals surface area contributed by atoms with Crippen molar-refractivity contribution in [3.63, 3.8) is 0 Å². The molecule has 0 radical (unpaired) electrons. The molecule has 0 aliphatic heterocycles. The molecule has 1 N–H and O–H groups in total. The number of non-ortho nitro benzene ring substituents is 1. The van der Waals surface area contributed by atoms with Crippen molar-refractivity contribution in [3.05, 3.63) is 105 Å². The molecule has 0 fully saturated rings. The van der Waals surface area contributed by atoms with Crippen LogP contribution in [0.1, 0.15) is 10.4 Å². The first-order chi connectivity index (χ1) is 13.5. The van der Waals surface area contributed by atoms with Gasteiger partial charge in [-0.2, -0.15) is 0 Å². The first-order valence-electron chi connectivity index (χ1n) is 8.11. The van der Waals surface area contributed by atoms with Gasteiger partial charge in [-0.25, -0.2) is 0 Å². The number of nitrogens with zero attached hydrogens (tertiary/aromatic N) is 3. The quantitative estimate of drug-likeness (QED) is 0.512. The Morgan fingerprint density at radius 2 is 1.32 bits per heavy atom. The minimum atomic E-state index is -0.822. The average molecular weight is 378 g/mol. The highest BCUT2D eigenvalue weighted by Gasteiger charge is 2.25. The van der Waals surface area contributed by atoms with Gasteiger partial charge in [0.2, 0.25) is 0 Å². The highest BCUT2D eigenvalue weighted by molar-refractivity contribution is 6.00. The summed E-state index contributed by atoms with van der Waals surface area (Å²) in [4.78, 5) is 33.4.